The summed E-state index contributed by atoms with van der Waals surface area (Å²) in [6.45, 7) is 0. The molecular weight excluding hydrogens is 325 g/mol. The van der Waals surface area contributed by atoms with Gasteiger partial charge in [0.05, 0.1) is 27.7 Å². The van der Waals surface area contributed by atoms with E-state index in [1.54, 1.807) is 12.1 Å². The second kappa shape index (κ2) is 5.87. The monoisotopic (exact) mass is 331 g/mol. The number of benzene rings is 1. The van der Waals surface area contributed by atoms with Gasteiger partial charge in [-0.1, -0.05) is 40.9 Å². The Balaban J connectivity index is 2.73. The number of carbonyl (C=O) groups excluding carboxylic acids is 1. The minimum atomic E-state index is -0.645. The summed E-state index contributed by atoms with van der Waals surface area (Å²) in [5.74, 6) is -0.645. The topological polar surface area (TPSA) is 59.2 Å². The minimum Gasteiger partial charge on any atom is -0.465 e. The van der Waals surface area contributed by atoms with Crippen molar-refractivity contribution in [1.82, 2.24) is 4.98 Å². The molecule has 4 nitrogen and oxygen atoms in total. The van der Waals surface area contributed by atoms with Crippen LogP contribution in [0.3, 0.4) is 0 Å². The zero-order valence-corrected chi connectivity index (χ0v) is 12.4. The third-order valence-corrected chi connectivity index (χ3v) is 3.95. The van der Waals surface area contributed by atoms with Crippen molar-refractivity contribution in [2.45, 2.75) is 0 Å². The largest absolute Gasteiger partial charge is 0.465 e. The smallest absolute Gasteiger partial charge is 0.338 e. The van der Waals surface area contributed by atoms with Crippen molar-refractivity contribution in [2.75, 3.05) is 7.11 Å². The van der Waals surface area contributed by atoms with E-state index < -0.39 is 11.5 Å². The summed E-state index contributed by atoms with van der Waals surface area (Å²) in [6, 6.07) is 4.30. The molecule has 0 aliphatic heterocycles. The van der Waals surface area contributed by atoms with E-state index in [1.165, 1.54) is 13.3 Å². The molecule has 1 N–H and O–H groups in total. The predicted molar refractivity (Wildman–Crippen MR) is 78.9 cm³/mol. The van der Waals surface area contributed by atoms with Crippen LogP contribution in [0.15, 0.2) is 29.2 Å². The standard InChI is InChI=1S/C13H8Cl3NO3/c1-20-13(19)7-4-10(18)17-5-8(7)6-2-3-9(14)12(16)11(6)15/h2-5H,1H3,(H,17,18). The number of pyridine rings is 1. The summed E-state index contributed by atoms with van der Waals surface area (Å²) in [4.78, 5) is 25.6. The van der Waals surface area contributed by atoms with Crippen LogP contribution < -0.4 is 5.56 Å². The average Bonchev–Trinajstić information content (AvgIpc) is 2.44. The first-order chi connectivity index (χ1) is 9.45. The predicted octanol–water partition coefficient (Wildman–Crippen LogP) is 3.79. The molecule has 20 heavy (non-hydrogen) atoms. The van der Waals surface area contributed by atoms with Gasteiger partial charge < -0.3 is 9.72 Å². The maximum atomic E-state index is 11.7. The van der Waals surface area contributed by atoms with Crippen LogP contribution in [0.1, 0.15) is 10.4 Å². The van der Waals surface area contributed by atoms with Crippen LogP contribution in [0.4, 0.5) is 0 Å². The molecule has 2 aromatic rings. The van der Waals surface area contributed by atoms with Crippen molar-refractivity contribution < 1.29 is 9.53 Å². The number of aromatic nitrogens is 1. The molecule has 0 aliphatic rings. The summed E-state index contributed by atoms with van der Waals surface area (Å²) in [7, 11) is 1.23. The van der Waals surface area contributed by atoms with Crippen LogP contribution in [-0.2, 0) is 4.74 Å². The van der Waals surface area contributed by atoms with Gasteiger partial charge in [0.2, 0.25) is 5.56 Å². The van der Waals surface area contributed by atoms with Gasteiger partial charge in [-0.25, -0.2) is 4.79 Å². The molecule has 0 aliphatic carbocycles. The number of esters is 1. The molecule has 1 aromatic carbocycles. The van der Waals surface area contributed by atoms with Crippen molar-refractivity contribution in [3.05, 3.63) is 55.4 Å². The number of halogens is 3. The molecule has 1 heterocycles. The molecule has 0 saturated heterocycles. The van der Waals surface area contributed by atoms with Gasteiger partial charge in [-0.3, -0.25) is 4.79 Å². The van der Waals surface area contributed by atoms with Crippen LogP contribution in [-0.4, -0.2) is 18.1 Å². The quantitative estimate of drug-likeness (QED) is 0.672. The lowest BCUT2D eigenvalue weighted by atomic mass is 10.0. The van der Waals surface area contributed by atoms with Crippen molar-refractivity contribution >= 4 is 40.8 Å². The van der Waals surface area contributed by atoms with Gasteiger partial charge in [-0.15, -0.1) is 0 Å². The number of aromatic amines is 1. The molecule has 2 rings (SSSR count). The zero-order valence-electron chi connectivity index (χ0n) is 10.2. The maximum Gasteiger partial charge on any atom is 0.338 e. The number of nitrogens with one attached hydrogen (secondary N) is 1. The maximum absolute atomic E-state index is 11.7. The summed E-state index contributed by atoms with van der Waals surface area (Å²) < 4.78 is 4.65. The SMILES string of the molecule is COC(=O)c1cc(=O)[nH]cc1-c1ccc(Cl)c(Cl)c1Cl. The molecule has 7 heteroatoms. The Hall–Kier alpha value is -1.49. The number of H-pyrrole nitrogens is 1. The van der Waals surface area contributed by atoms with Gasteiger partial charge in [0.1, 0.15) is 0 Å². The van der Waals surface area contributed by atoms with Crippen molar-refractivity contribution in [1.29, 1.82) is 0 Å². The molecule has 0 saturated carbocycles. The number of hydrogen-bond donors (Lipinski definition) is 1. The lowest BCUT2D eigenvalue weighted by Crippen LogP contribution is -2.12. The highest BCUT2D eigenvalue weighted by Gasteiger charge is 2.18. The summed E-state index contributed by atoms with van der Waals surface area (Å²) in [5, 5.41) is 0.661. The number of hydrogen-bond acceptors (Lipinski definition) is 3. The fourth-order valence-electron chi connectivity index (χ4n) is 1.71. The molecule has 104 valence electrons. The van der Waals surface area contributed by atoms with Crippen LogP contribution in [0.25, 0.3) is 11.1 Å². The fraction of sp³-hybridized carbons (Fsp3) is 0.0769. The number of rotatable bonds is 2. The highest BCUT2D eigenvalue weighted by atomic mass is 35.5. The Labute approximate surface area is 129 Å². The van der Waals surface area contributed by atoms with Gasteiger partial charge >= 0.3 is 5.97 Å². The Morgan fingerprint density at radius 3 is 2.50 bits per heavy atom. The van der Waals surface area contributed by atoms with Crippen LogP contribution in [0, 0.1) is 0 Å². The molecule has 0 atom stereocenters. The highest BCUT2D eigenvalue weighted by Crippen LogP contribution is 2.38. The molecule has 0 amide bonds. The van der Waals surface area contributed by atoms with Gasteiger partial charge in [0.25, 0.3) is 0 Å². The van der Waals surface area contributed by atoms with Gasteiger partial charge in [-0.2, -0.15) is 0 Å². The highest BCUT2D eigenvalue weighted by molar-refractivity contribution is 6.49. The molecule has 0 fully saturated rings. The van der Waals surface area contributed by atoms with E-state index in [0.717, 1.165) is 6.07 Å². The van der Waals surface area contributed by atoms with E-state index in [2.05, 4.69) is 9.72 Å². The average molecular weight is 333 g/mol. The normalized spacial score (nSPS) is 10.4. The van der Waals surface area contributed by atoms with Crippen LogP contribution in [0.2, 0.25) is 15.1 Å². The van der Waals surface area contributed by atoms with E-state index in [9.17, 15) is 9.59 Å². The molecule has 0 spiro atoms. The Morgan fingerprint density at radius 1 is 1.15 bits per heavy atom. The molecule has 1 aromatic heterocycles. The first kappa shape index (κ1) is 14.9. The molecule has 0 unspecified atom stereocenters. The molecule has 0 bridgehead atoms. The van der Waals surface area contributed by atoms with E-state index in [-0.39, 0.29) is 15.6 Å². The second-order valence-corrected chi connectivity index (χ2v) is 5.00. The summed E-state index contributed by atoms with van der Waals surface area (Å²) in [5.41, 5.74) is 0.541. The number of carbonyl (C=O) groups is 1. The van der Waals surface area contributed by atoms with Gasteiger partial charge in [-0.05, 0) is 6.07 Å². The summed E-state index contributed by atoms with van der Waals surface area (Å²) >= 11 is 18.0. The van der Waals surface area contributed by atoms with E-state index in [0.29, 0.717) is 16.1 Å². The Morgan fingerprint density at radius 2 is 1.85 bits per heavy atom. The lowest BCUT2D eigenvalue weighted by Gasteiger charge is -2.10. The summed E-state index contributed by atoms with van der Waals surface area (Å²) in [6.07, 6.45) is 1.38. The van der Waals surface area contributed by atoms with Crippen molar-refractivity contribution in [3.63, 3.8) is 0 Å². The number of ether oxygens (including phenoxy) is 1. The van der Waals surface area contributed by atoms with Crippen LogP contribution in [0.5, 0.6) is 0 Å². The fourth-order valence-corrected chi connectivity index (χ4v) is 2.34. The van der Waals surface area contributed by atoms with Crippen molar-refractivity contribution in [2.24, 2.45) is 0 Å². The van der Waals surface area contributed by atoms with E-state index in [4.69, 9.17) is 34.8 Å². The van der Waals surface area contributed by atoms with E-state index in [1.807, 2.05) is 0 Å². The first-order valence-corrected chi connectivity index (χ1v) is 6.54. The minimum absolute atomic E-state index is 0.0940. The van der Waals surface area contributed by atoms with E-state index >= 15 is 0 Å². The Bertz CT molecular complexity index is 740. The zero-order chi connectivity index (χ0) is 14.9. The van der Waals surface area contributed by atoms with Crippen molar-refractivity contribution in [3.8, 4) is 11.1 Å². The molecular formula is C13H8Cl3NO3. The molecule has 0 radical (unpaired) electrons. The third-order valence-electron chi connectivity index (χ3n) is 2.66. The lowest BCUT2D eigenvalue weighted by molar-refractivity contribution is 0.0601. The first-order valence-electron chi connectivity index (χ1n) is 5.40. The third kappa shape index (κ3) is 2.68. The Kier molecular flexibility index (Phi) is 4.38. The van der Waals surface area contributed by atoms with Crippen LogP contribution >= 0.6 is 34.8 Å². The number of methoxy groups -OCH3 is 1. The second-order valence-electron chi connectivity index (χ2n) is 3.84. The van der Waals surface area contributed by atoms with Gasteiger partial charge in [0, 0.05) is 23.4 Å². The van der Waals surface area contributed by atoms with Gasteiger partial charge in [0.15, 0.2) is 0 Å².